The van der Waals surface area contributed by atoms with Crippen LogP contribution in [0.4, 0.5) is 16.2 Å². The van der Waals surface area contributed by atoms with E-state index in [1.165, 1.54) is 19.3 Å². The maximum absolute atomic E-state index is 13.2. The molecule has 5 rings (SSSR count). The summed E-state index contributed by atoms with van der Waals surface area (Å²) in [5.74, 6) is 1.51. The highest BCUT2D eigenvalue weighted by Crippen LogP contribution is 2.48. The van der Waals surface area contributed by atoms with E-state index < -0.39 is 0 Å². The molecule has 2 fully saturated rings. The van der Waals surface area contributed by atoms with Gasteiger partial charge in [-0.05, 0) is 55.4 Å². The second-order valence-electron chi connectivity index (χ2n) is 7.10. The van der Waals surface area contributed by atoms with E-state index in [2.05, 4.69) is 17.4 Å². The van der Waals surface area contributed by atoms with Crippen molar-refractivity contribution in [2.75, 3.05) is 4.90 Å². The highest BCUT2D eigenvalue weighted by molar-refractivity contribution is 7.99. The fourth-order valence-electron chi connectivity index (χ4n) is 4.57. The summed E-state index contributed by atoms with van der Waals surface area (Å²) in [4.78, 5) is 17.3. The summed E-state index contributed by atoms with van der Waals surface area (Å²) in [5.41, 5.74) is 1.98. The molecule has 2 bridgehead atoms. The van der Waals surface area contributed by atoms with Gasteiger partial charge in [0, 0.05) is 15.8 Å². The Labute approximate surface area is 146 Å². The lowest BCUT2D eigenvalue weighted by molar-refractivity contribution is 0.238. The second kappa shape index (κ2) is 5.55. The van der Waals surface area contributed by atoms with Gasteiger partial charge in [-0.3, -0.25) is 4.90 Å². The molecule has 2 amide bonds. The standard InChI is InChI=1S/C20H20N2OS/c23-20(21-15-12-13-9-10-14(15)11-13)22-16-5-1-3-7-18(16)24-19-8-4-2-6-17(19)22/h1-8,13-15H,9-12H2,(H,21,23)/t13-,14+,15+/m0/s1. The van der Waals surface area contributed by atoms with E-state index >= 15 is 0 Å². The maximum atomic E-state index is 13.2. The van der Waals surface area contributed by atoms with Crippen LogP contribution in [-0.4, -0.2) is 12.1 Å². The van der Waals surface area contributed by atoms with Crippen molar-refractivity contribution >= 4 is 29.2 Å². The molecule has 2 aliphatic carbocycles. The van der Waals surface area contributed by atoms with Crippen LogP contribution in [0.1, 0.15) is 25.7 Å². The summed E-state index contributed by atoms with van der Waals surface area (Å²) in [7, 11) is 0. The highest BCUT2D eigenvalue weighted by Gasteiger charge is 2.41. The number of nitrogens with one attached hydrogen (secondary N) is 1. The van der Waals surface area contributed by atoms with Gasteiger partial charge in [0.15, 0.2) is 0 Å². The fraction of sp³-hybridized carbons (Fsp3) is 0.350. The van der Waals surface area contributed by atoms with E-state index in [-0.39, 0.29) is 6.03 Å². The lowest BCUT2D eigenvalue weighted by Gasteiger charge is -2.33. The molecule has 3 nitrogen and oxygen atoms in total. The van der Waals surface area contributed by atoms with Crippen LogP contribution < -0.4 is 10.2 Å². The molecule has 0 radical (unpaired) electrons. The minimum Gasteiger partial charge on any atom is -0.334 e. The lowest BCUT2D eigenvalue weighted by atomic mass is 9.95. The molecule has 1 N–H and O–H groups in total. The normalized spacial score (nSPS) is 26.8. The van der Waals surface area contributed by atoms with E-state index in [0.717, 1.165) is 33.5 Å². The molecule has 0 unspecified atom stereocenters. The largest absolute Gasteiger partial charge is 0.334 e. The second-order valence-corrected chi connectivity index (χ2v) is 8.19. The van der Waals surface area contributed by atoms with Gasteiger partial charge in [-0.25, -0.2) is 4.79 Å². The molecule has 0 spiro atoms. The quantitative estimate of drug-likeness (QED) is 0.777. The third-order valence-corrected chi connectivity index (χ3v) is 6.81. The molecule has 1 aliphatic heterocycles. The predicted octanol–water partition coefficient (Wildman–Crippen LogP) is 5.19. The number of carbonyl (C=O) groups is 1. The Bertz CT molecular complexity index is 760. The molecular weight excluding hydrogens is 316 g/mol. The van der Waals surface area contributed by atoms with Crippen LogP contribution in [0.5, 0.6) is 0 Å². The Balaban J connectivity index is 1.49. The number of hydrogen-bond donors (Lipinski definition) is 1. The maximum Gasteiger partial charge on any atom is 0.326 e. The summed E-state index contributed by atoms with van der Waals surface area (Å²) in [5, 5.41) is 3.34. The lowest BCUT2D eigenvalue weighted by Crippen LogP contribution is -2.45. The van der Waals surface area contributed by atoms with Crippen LogP contribution in [0, 0.1) is 11.8 Å². The number of amides is 2. The number of nitrogens with zero attached hydrogens (tertiary/aromatic N) is 1. The molecular formula is C20H20N2OS. The van der Waals surface area contributed by atoms with E-state index in [4.69, 9.17) is 0 Å². The number of urea groups is 1. The number of fused-ring (bicyclic) bond motifs is 4. The first kappa shape index (κ1) is 14.4. The van der Waals surface area contributed by atoms with Gasteiger partial charge in [-0.15, -0.1) is 0 Å². The third kappa shape index (κ3) is 2.24. The van der Waals surface area contributed by atoms with E-state index in [0.29, 0.717) is 12.0 Å². The van der Waals surface area contributed by atoms with Gasteiger partial charge in [0.1, 0.15) is 0 Å². The van der Waals surface area contributed by atoms with E-state index in [9.17, 15) is 4.79 Å². The zero-order valence-corrected chi connectivity index (χ0v) is 14.3. The van der Waals surface area contributed by atoms with Gasteiger partial charge in [0.25, 0.3) is 0 Å². The molecule has 2 aromatic carbocycles. The average molecular weight is 336 g/mol. The van der Waals surface area contributed by atoms with Crippen molar-refractivity contribution in [2.24, 2.45) is 11.8 Å². The van der Waals surface area contributed by atoms with Crippen molar-refractivity contribution in [3.63, 3.8) is 0 Å². The zero-order chi connectivity index (χ0) is 16.1. The van der Waals surface area contributed by atoms with Crippen LogP contribution in [0.25, 0.3) is 0 Å². The molecule has 0 saturated heterocycles. The average Bonchev–Trinajstić information content (AvgIpc) is 3.22. The number of rotatable bonds is 1. The van der Waals surface area contributed by atoms with Crippen molar-refractivity contribution < 1.29 is 4.79 Å². The SMILES string of the molecule is O=C(N[C@@H]1C[C@H]2CC[C@@H]1C2)N1c2ccccc2Sc2ccccc21. The molecule has 3 atom stereocenters. The summed E-state index contributed by atoms with van der Waals surface area (Å²) in [6.07, 6.45) is 5.08. The number of hydrogen-bond acceptors (Lipinski definition) is 2. The van der Waals surface area contributed by atoms with Crippen molar-refractivity contribution in [3.8, 4) is 0 Å². The number of anilines is 2. The number of benzene rings is 2. The molecule has 1 heterocycles. The van der Waals surface area contributed by atoms with Crippen LogP contribution >= 0.6 is 11.8 Å². The minimum atomic E-state index is 0.0211. The monoisotopic (exact) mass is 336 g/mol. The summed E-state index contributed by atoms with van der Waals surface area (Å²) in [6, 6.07) is 16.7. The van der Waals surface area contributed by atoms with Gasteiger partial charge in [-0.2, -0.15) is 0 Å². The molecule has 2 aromatic rings. The highest BCUT2D eigenvalue weighted by atomic mass is 32.2. The van der Waals surface area contributed by atoms with Gasteiger partial charge in [-0.1, -0.05) is 42.4 Å². The summed E-state index contributed by atoms with van der Waals surface area (Å²) >= 11 is 1.74. The van der Waals surface area contributed by atoms with Crippen LogP contribution in [0.2, 0.25) is 0 Å². The van der Waals surface area contributed by atoms with Crippen molar-refractivity contribution in [2.45, 2.75) is 41.5 Å². The van der Waals surface area contributed by atoms with Crippen molar-refractivity contribution in [3.05, 3.63) is 48.5 Å². The Hall–Kier alpha value is -1.94. The molecule has 2 saturated carbocycles. The Morgan fingerprint density at radius 1 is 0.958 bits per heavy atom. The Morgan fingerprint density at radius 3 is 2.21 bits per heavy atom. The first-order valence-corrected chi connectivity index (χ1v) is 9.58. The van der Waals surface area contributed by atoms with Gasteiger partial charge in [0.2, 0.25) is 0 Å². The van der Waals surface area contributed by atoms with E-state index in [1.54, 1.807) is 11.8 Å². The Morgan fingerprint density at radius 2 is 1.62 bits per heavy atom. The third-order valence-electron chi connectivity index (χ3n) is 5.68. The topological polar surface area (TPSA) is 32.3 Å². The van der Waals surface area contributed by atoms with Gasteiger partial charge >= 0.3 is 6.03 Å². The molecule has 24 heavy (non-hydrogen) atoms. The van der Waals surface area contributed by atoms with Crippen LogP contribution in [-0.2, 0) is 0 Å². The Kier molecular flexibility index (Phi) is 3.33. The van der Waals surface area contributed by atoms with Crippen LogP contribution in [0.15, 0.2) is 58.3 Å². The zero-order valence-electron chi connectivity index (χ0n) is 13.4. The van der Waals surface area contributed by atoms with Crippen molar-refractivity contribution in [1.29, 1.82) is 0 Å². The smallest absolute Gasteiger partial charge is 0.326 e. The van der Waals surface area contributed by atoms with Crippen molar-refractivity contribution in [1.82, 2.24) is 5.32 Å². The minimum absolute atomic E-state index is 0.0211. The van der Waals surface area contributed by atoms with Gasteiger partial charge in [0.05, 0.1) is 11.4 Å². The first-order chi connectivity index (χ1) is 11.8. The molecule has 4 heteroatoms. The van der Waals surface area contributed by atoms with E-state index in [1.807, 2.05) is 41.3 Å². The molecule has 0 aromatic heterocycles. The first-order valence-electron chi connectivity index (χ1n) is 8.76. The molecule has 122 valence electrons. The molecule has 3 aliphatic rings. The fourth-order valence-corrected chi connectivity index (χ4v) is 5.63. The summed E-state index contributed by atoms with van der Waals surface area (Å²) < 4.78 is 0. The van der Waals surface area contributed by atoms with Gasteiger partial charge < -0.3 is 5.32 Å². The van der Waals surface area contributed by atoms with Crippen LogP contribution in [0.3, 0.4) is 0 Å². The predicted molar refractivity (Wildman–Crippen MR) is 96.9 cm³/mol. The number of carbonyl (C=O) groups excluding carboxylic acids is 1. The number of para-hydroxylation sites is 2. The summed E-state index contributed by atoms with van der Waals surface area (Å²) in [6.45, 7) is 0.